The lowest BCUT2D eigenvalue weighted by Gasteiger charge is -1.69. The van der Waals surface area contributed by atoms with Gasteiger partial charge < -0.3 is 0 Å². The number of nitrogens with zero attached hydrogens (tertiary/aromatic N) is 3. The molecule has 4 nitrogen and oxygen atoms in total. The maximum absolute atomic E-state index is 4.03. The number of hydroxylamine groups is 1. The first kappa shape index (κ1) is 2.59. The molecule has 1 radical (unpaired) electrons. The highest BCUT2D eigenvalue weighted by atomic mass is 16.8. The van der Waals surface area contributed by atoms with E-state index in [0.29, 0.717) is 6.67 Å². The smallest absolute Gasteiger partial charge is 0.172 e. The molecular formula is CH2N3O. The average molecular weight is 72.0 g/mol. The maximum atomic E-state index is 4.03. The van der Waals surface area contributed by atoms with Crippen molar-refractivity contribution >= 4 is 0 Å². The molecule has 0 amide bonds. The summed E-state index contributed by atoms with van der Waals surface area (Å²) in [6.07, 6.45) is 0. The van der Waals surface area contributed by atoms with Gasteiger partial charge in [-0.05, 0) is 0 Å². The molecule has 1 aliphatic rings. The van der Waals surface area contributed by atoms with Gasteiger partial charge >= 0.3 is 0 Å². The second-order valence-electron chi connectivity index (χ2n) is 0.575. The summed E-state index contributed by atoms with van der Waals surface area (Å²) in [7, 11) is 0. The molecule has 0 spiro atoms. The molecule has 0 aromatic carbocycles. The maximum Gasteiger partial charge on any atom is 0.172 e. The van der Waals surface area contributed by atoms with E-state index in [4.69, 9.17) is 0 Å². The summed E-state index contributed by atoms with van der Waals surface area (Å²) in [6, 6.07) is 0. The van der Waals surface area contributed by atoms with Gasteiger partial charge in [0.2, 0.25) is 0 Å². The van der Waals surface area contributed by atoms with Gasteiger partial charge in [0.05, 0.1) is 0 Å². The van der Waals surface area contributed by atoms with Gasteiger partial charge in [0.15, 0.2) is 6.67 Å². The molecule has 0 aliphatic carbocycles. The van der Waals surface area contributed by atoms with Gasteiger partial charge in [-0.1, -0.05) is 0 Å². The lowest BCUT2D eigenvalue weighted by molar-refractivity contribution is 0.0679. The molecular weight excluding hydrogens is 70.0 g/mol. The highest BCUT2D eigenvalue weighted by molar-refractivity contribution is 4.20. The van der Waals surface area contributed by atoms with E-state index in [1.165, 1.54) is 0 Å². The van der Waals surface area contributed by atoms with Gasteiger partial charge in [0.1, 0.15) is 0 Å². The van der Waals surface area contributed by atoms with Crippen molar-refractivity contribution < 1.29 is 4.94 Å². The lowest BCUT2D eigenvalue weighted by atomic mass is 11.2. The molecule has 0 aromatic heterocycles. The van der Waals surface area contributed by atoms with Crippen molar-refractivity contribution in [2.45, 2.75) is 0 Å². The van der Waals surface area contributed by atoms with Gasteiger partial charge in [-0.3, -0.25) is 4.94 Å². The first-order valence-corrected chi connectivity index (χ1v) is 1.20. The van der Waals surface area contributed by atoms with E-state index >= 15 is 0 Å². The van der Waals surface area contributed by atoms with E-state index in [-0.39, 0.29) is 0 Å². The molecule has 0 N–H and O–H groups in total. The van der Waals surface area contributed by atoms with Gasteiger partial charge in [0.25, 0.3) is 0 Å². The topological polar surface area (TPSA) is 48.0 Å². The van der Waals surface area contributed by atoms with E-state index in [0.717, 1.165) is 0 Å². The van der Waals surface area contributed by atoms with Crippen LogP contribution in [0.1, 0.15) is 0 Å². The molecule has 0 saturated carbocycles. The van der Waals surface area contributed by atoms with Crippen molar-refractivity contribution in [1.82, 2.24) is 5.48 Å². The van der Waals surface area contributed by atoms with Crippen molar-refractivity contribution in [3.63, 3.8) is 0 Å². The standard InChI is InChI=1S/CH2N3O/c1-2-4-5-3-1/h1H2. The largest absolute Gasteiger partial charge is 0.256 e. The Labute approximate surface area is 28.8 Å². The summed E-state index contributed by atoms with van der Waals surface area (Å²) in [5, 5.41) is 6.36. The SMILES string of the molecule is C1[N]ON=N1. The molecule has 4 heteroatoms. The van der Waals surface area contributed by atoms with Gasteiger partial charge in [0, 0.05) is 10.8 Å². The number of hydrogen-bond donors (Lipinski definition) is 0. The molecule has 27 valence electrons. The van der Waals surface area contributed by atoms with Crippen LogP contribution in [0.2, 0.25) is 0 Å². The number of rotatable bonds is 0. The zero-order chi connectivity index (χ0) is 3.54. The lowest BCUT2D eigenvalue weighted by Crippen LogP contribution is -1.90. The minimum Gasteiger partial charge on any atom is -0.256 e. The fourth-order valence-electron chi connectivity index (χ4n) is 0.129. The van der Waals surface area contributed by atoms with Gasteiger partial charge in [-0.2, -0.15) is 0 Å². The fourth-order valence-corrected chi connectivity index (χ4v) is 0.129. The predicted octanol–water partition coefficient (Wildman–Crippen LogP) is -0.139. The monoisotopic (exact) mass is 72.0 g/mol. The van der Waals surface area contributed by atoms with Crippen LogP contribution in [-0.2, 0) is 4.94 Å². The molecule has 0 atom stereocenters. The Bertz CT molecular complexity index is 44.9. The van der Waals surface area contributed by atoms with Gasteiger partial charge in [-0.15, -0.1) is 5.11 Å². The van der Waals surface area contributed by atoms with Crippen LogP contribution in [0.5, 0.6) is 0 Å². The van der Waals surface area contributed by atoms with Crippen LogP contribution in [0, 0.1) is 0 Å². The first-order chi connectivity index (χ1) is 2.50. The molecule has 5 heavy (non-hydrogen) atoms. The average Bonchev–Trinajstić information content (AvgIpc) is 1.76. The van der Waals surface area contributed by atoms with Crippen molar-refractivity contribution in [2.75, 3.05) is 6.67 Å². The molecule has 0 fully saturated rings. The molecule has 0 aromatic rings. The van der Waals surface area contributed by atoms with E-state index < -0.39 is 0 Å². The Balaban J connectivity index is 2.32. The van der Waals surface area contributed by atoms with E-state index in [1.54, 1.807) is 0 Å². The molecule has 1 aliphatic heterocycles. The van der Waals surface area contributed by atoms with Gasteiger partial charge in [-0.25, -0.2) is 0 Å². The Hall–Kier alpha value is -0.640. The van der Waals surface area contributed by atoms with Crippen LogP contribution in [0.25, 0.3) is 0 Å². The number of hydrogen-bond acceptors (Lipinski definition) is 3. The summed E-state index contributed by atoms with van der Waals surface area (Å²) < 4.78 is 0. The van der Waals surface area contributed by atoms with Crippen LogP contribution in [0.3, 0.4) is 0 Å². The van der Waals surface area contributed by atoms with Crippen molar-refractivity contribution in [3.8, 4) is 0 Å². The molecule has 1 heterocycles. The molecule has 0 unspecified atom stereocenters. The second kappa shape index (κ2) is 0.984. The van der Waals surface area contributed by atoms with Crippen LogP contribution in [0.15, 0.2) is 10.4 Å². The zero-order valence-corrected chi connectivity index (χ0v) is 2.46. The third-order valence-electron chi connectivity index (χ3n) is 0.273. The second-order valence-corrected chi connectivity index (χ2v) is 0.575. The fraction of sp³-hybridized carbons (Fsp3) is 1.00. The van der Waals surface area contributed by atoms with E-state index in [2.05, 4.69) is 20.8 Å². The highest BCUT2D eigenvalue weighted by Gasteiger charge is 1.88. The Morgan fingerprint density at radius 3 is 2.80 bits per heavy atom. The summed E-state index contributed by atoms with van der Waals surface area (Å²) in [5.74, 6) is 0. The minimum atomic E-state index is 0.361. The van der Waals surface area contributed by atoms with Crippen LogP contribution in [-0.4, -0.2) is 6.67 Å². The summed E-state index contributed by atoms with van der Waals surface area (Å²) in [5.41, 5.74) is 3.25. The normalized spacial score (nSPS) is 19.2. The van der Waals surface area contributed by atoms with E-state index in [1.807, 2.05) is 0 Å². The summed E-state index contributed by atoms with van der Waals surface area (Å²) >= 11 is 0. The third-order valence-corrected chi connectivity index (χ3v) is 0.273. The van der Waals surface area contributed by atoms with Crippen molar-refractivity contribution in [2.24, 2.45) is 10.4 Å². The highest BCUT2D eigenvalue weighted by Crippen LogP contribution is 1.82. The van der Waals surface area contributed by atoms with Crippen LogP contribution >= 0.6 is 0 Å². The summed E-state index contributed by atoms with van der Waals surface area (Å²) in [6.45, 7) is 0.361. The zero-order valence-electron chi connectivity index (χ0n) is 2.46. The molecule has 0 saturated heterocycles. The van der Waals surface area contributed by atoms with E-state index in [9.17, 15) is 0 Å². The minimum absolute atomic E-state index is 0.361. The third kappa shape index (κ3) is 0.327. The predicted molar refractivity (Wildman–Crippen MR) is 12.9 cm³/mol. The van der Waals surface area contributed by atoms with Crippen LogP contribution < -0.4 is 5.48 Å². The van der Waals surface area contributed by atoms with Crippen molar-refractivity contribution in [1.29, 1.82) is 0 Å². The molecule has 1 rings (SSSR count). The van der Waals surface area contributed by atoms with Crippen LogP contribution in [0.4, 0.5) is 0 Å². The Morgan fingerprint density at radius 1 is 1.60 bits per heavy atom. The first-order valence-electron chi connectivity index (χ1n) is 1.20. The quantitative estimate of drug-likeness (QED) is 0.393. The Morgan fingerprint density at radius 2 is 2.60 bits per heavy atom. The Kier molecular flexibility index (Phi) is 0.510. The van der Waals surface area contributed by atoms with Crippen molar-refractivity contribution in [3.05, 3.63) is 0 Å². The summed E-state index contributed by atoms with van der Waals surface area (Å²) in [4.78, 5) is 4.03. The molecule has 0 bridgehead atoms.